The molecule has 2 atom stereocenters. The van der Waals surface area contributed by atoms with Gasteiger partial charge < -0.3 is 10.6 Å². The first-order valence-electron chi connectivity index (χ1n) is 5.64. The van der Waals surface area contributed by atoms with Crippen LogP contribution in [0.3, 0.4) is 0 Å². The molecule has 1 aromatic carbocycles. The molecule has 5 heteroatoms. The minimum absolute atomic E-state index is 0.0830. The van der Waals surface area contributed by atoms with Gasteiger partial charge in [-0.05, 0) is 24.5 Å². The summed E-state index contributed by atoms with van der Waals surface area (Å²) < 4.78 is 39.5. The molecule has 0 radical (unpaired) electrons. The number of halogens is 3. The van der Waals surface area contributed by atoms with Crippen LogP contribution in [0.15, 0.2) is 12.1 Å². The van der Waals surface area contributed by atoms with Crippen molar-refractivity contribution in [3.8, 4) is 0 Å². The van der Waals surface area contributed by atoms with Gasteiger partial charge in [0.2, 0.25) is 0 Å². The van der Waals surface area contributed by atoms with Gasteiger partial charge in [0.25, 0.3) is 0 Å². The number of piperidine rings is 1. The number of nitrogens with two attached hydrogens (primary N) is 1. The summed E-state index contributed by atoms with van der Waals surface area (Å²) in [6, 6.07) is 2.31. The van der Waals surface area contributed by atoms with E-state index >= 15 is 0 Å². The summed E-state index contributed by atoms with van der Waals surface area (Å²) in [7, 11) is 0. The van der Waals surface area contributed by atoms with E-state index < -0.39 is 17.5 Å². The van der Waals surface area contributed by atoms with Crippen LogP contribution in [-0.4, -0.2) is 19.1 Å². The summed E-state index contributed by atoms with van der Waals surface area (Å²) in [5, 5.41) is 0. The molecule has 2 nitrogen and oxygen atoms in total. The van der Waals surface area contributed by atoms with Gasteiger partial charge in [-0.2, -0.15) is 0 Å². The zero-order chi connectivity index (χ0) is 12.6. The summed E-state index contributed by atoms with van der Waals surface area (Å²) in [6.07, 6.45) is 0.722. The second-order valence-electron chi connectivity index (χ2n) is 4.57. The standard InChI is InChI=1S/C12H15F3N2/c1-7-6-17(5-4-9(7)16)10-3-2-8(13)11(14)12(10)15/h2-3,7,9H,4-6,16H2,1H3. The molecule has 0 aliphatic carbocycles. The Morgan fingerprint density at radius 2 is 1.94 bits per heavy atom. The minimum Gasteiger partial charge on any atom is -0.369 e. The Morgan fingerprint density at radius 1 is 1.24 bits per heavy atom. The Hall–Kier alpha value is -1.23. The Labute approximate surface area is 98.2 Å². The van der Waals surface area contributed by atoms with Gasteiger partial charge in [-0.25, -0.2) is 13.2 Å². The van der Waals surface area contributed by atoms with Crippen LogP contribution in [0.4, 0.5) is 18.9 Å². The Balaban J connectivity index is 2.26. The lowest BCUT2D eigenvalue weighted by atomic mass is 9.94. The first-order valence-corrected chi connectivity index (χ1v) is 5.64. The van der Waals surface area contributed by atoms with Crippen molar-refractivity contribution in [1.29, 1.82) is 0 Å². The van der Waals surface area contributed by atoms with Crippen molar-refractivity contribution in [1.82, 2.24) is 0 Å². The van der Waals surface area contributed by atoms with E-state index in [-0.39, 0.29) is 17.6 Å². The van der Waals surface area contributed by atoms with E-state index in [0.29, 0.717) is 13.1 Å². The Kier molecular flexibility index (Phi) is 3.28. The number of rotatable bonds is 1. The first kappa shape index (κ1) is 12.2. The van der Waals surface area contributed by atoms with Crippen molar-refractivity contribution in [2.24, 2.45) is 11.7 Å². The van der Waals surface area contributed by atoms with E-state index in [0.717, 1.165) is 12.5 Å². The maximum absolute atomic E-state index is 13.6. The lowest BCUT2D eigenvalue weighted by Gasteiger charge is -2.36. The van der Waals surface area contributed by atoms with E-state index in [9.17, 15) is 13.2 Å². The molecule has 0 bridgehead atoms. The number of nitrogens with zero attached hydrogens (tertiary/aromatic N) is 1. The SMILES string of the molecule is CC1CN(c2ccc(F)c(F)c2F)CCC1N. The topological polar surface area (TPSA) is 29.3 Å². The van der Waals surface area contributed by atoms with Gasteiger partial charge >= 0.3 is 0 Å². The van der Waals surface area contributed by atoms with E-state index in [1.54, 1.807) is 4.90 Å². The Bertz CT molecular complexity index is 422. The molecule has 2 N–H and O–H groups in total. The number of hydrogen-bond acceptors (Lipinski definition) is 2. The number of hydrogen-bond donors (Lipinski definition) is 1. The highest BCUT2D eigenvalue weighted by Gasteiger charge is 2.26. The highest BCUT2D eigenvalue weighted by Crippen LogP contribution is 2.27. The van der Waals surface area contributed by atoms with E-state index in [1.807, 2.05) is 6.92 Å². The van der Waals surface area contributed by atoms with Gasteiger partial charge in [0.1, 0.15) is 0 Å². The quantitative estimate of drug-likeness (QED) is 0.768. The van der Waals surface area contributed by atoms with Crippen LogP contribution in [0.25, 0.3) is 0 Å². The lowest BCUT2D eigenvalue weighted by molar-refractivity contribution is 0.376. The molecule has 0 amide bonds. The predicted octanol–water partition coefficient (Wildman–Crippen LogP) is 2.28. The van der Waals surface area contributed by atoms with Gasteiger partial charge in [0, 0.05) is 19.1 Å². The average Bonchev–Trinajstić information content (AvgIpc) is 2.30. The van der Waals surface area contributed by atoms with Crippen LogP contribution < -0.4 is 10.6 Å². The van der Waals surface area contributed by atoms with Crippen molar-refractivity contribution < 1.29 is 13.2 Å². The molecule has 0 spiro atoms. The van der Waals surface area contributed by atoms with Crippen molar-refractivity contribution in [3.05, 3.63) is 29.6 Å². The monoisotopic (exact) mass is 244 g/mol. The van der Waals surface area contributed by atoms with E-state index in [4.69, 9.17) is 5.73 Å². The normalized spacial score (nSPS) is 25.1. The van der Waals surface area contributed by atoms with Gasteiger partial charge in [0.05, 0.1) is 5.69 Å². The average molecular weight is 244 g/mol. The molecule has 1 saturated heterocycles. The summed E-state index contributed by atoms with van der Waals surface area (Å²) in [6.45, 7) is 3.09. The van der Waals surface area contributed by atoms with Crippen molar-refractivity contribution in [2.75, 3.05) is 18.0 Å². The second-order valence-corrected chi connectivity index (χ2v) is 4.57. The molecule has 2 unspecified atom stereocenters. The summed E-state index contributed by atoms with van der Waals surface area (Å²) >= 11 is 0. The third kappa shape index (κ3) is 2.24. The third-order valence-electron chi connectivity index (χ3n) is 3.33. The summed E-state index contributed by atoms with van der Waals surface area (Å²) in [4.78, 5) is 1.71. The smallest absolute Gasteiger partial charge is 0.196 e. The molecule has 0 aromatic heterocycles. The van der Waals surface area contributed by atoms with Crippen molar-refractivity contribution in [3.63, 3.8) is 0 Å². The predicted molar refractivity (Wildman–Crippen MR) is 60.3 cm³/mol. The van der Waals surface area contributed by atoms with E-state index in [2.05, 4.69) is 0 Å². The van der Waals surface area contributed by atoms with Crippen LogP contribution in [0, 0.1) is 23.4 Å². The minimum atomic E-state index is -1.41. The van der Waals surface area contributed by atoms with Gasteiger partial charge in [-0.3, -0.25) is 0 Å². The molecule has 1 fully saturated rings. The molecule has 94 valence electrons. The summed E-state index contributed by atoms with van der Waals surface area (Å²) in [5.41, 5.74) is 5.97. The maximum atomic E-state index is 13.6. The van der Waals surface area contributed by atoms with Crippen LogP contribution in [0.1, 0.15) is 13.3 Å². The zero-order valence-electron chi connectivity index (χ0n) is 9.59. The fourth-order valence-electron chi connectivity index (χ4n) is 2.14. The molecule has 1 heterocycles. The fourth-order valence-corrected chi connectivity index (χ4v) is 2.14. The first-order chi connectivity index (χ1) is 8.00. The zero-order valence-corrected chi connectivity index (χ0v) is 9.59. The molecule has 2 rings (SSSR count). The lowest BCUT2D eigenvalue weighted by Crippen LogP contribution is -2.46. The molecule has 1 aliphatic heterocycles. The maximum Gasteiger partial charge on any atom is 0.196 e. The second kappa shape index (κ2) is 4.56. The molecule has 0 saturated carbocycles. The molecule has 1 aliphatic rings. The Morgan fingerprint density at radius 3 is 2.59 bits per heavy atom. The van der Waals surface area contributed by atoms with Gasteiger partial charge in [0.15, 0.2) is 17.5 Å². The van der Waals surface area contributed by atoms with Crippen LogP contribution in [-0.2, 0) is 0 Å². The molecular weight excluding hydrogens is 229 g/mol. The van der Waals surface area contributed by atoms with Crippen molar-refractivity contribution in [2.45, 2.75) is 19.4 Å². The molecule has 17 heavy (non-hydrogen) atoms. The van der Waals surface area contributed by atoms with Crippen LogP contribution >= 0.6 is 0 Å². The van der Waals surface area contributed by atoms with Gasteiger partial charge in [-0.15, -0.1) is 0 Å². The van der Waals surface area contributed by atoms with E-state index in [1.165, 1.54) is 6.07 Å². The van der Waals surface area contributed by atoms with Gasteiger partial charge in [-0.1, -0.05) is 6.92 Å². The molecular formula is C12H15F3N2. The number of anilines is 1. The summed E-state index contributed by atoms with van der Waals surface area (Å²) in [5.74, 6) is -3.48. The van der Waals surface area contributed by atoms with Crippen molar-refractivity contribution >= 4 is 5.69 Å². The van der Waals surface area contributed by atoms with Crippen LogP contribution in [0.5, 0.6) is 0 Å². The highest BCUT2D eigenvalue weighted by atomic mass is 19.2. The molecule has 1 aromatic rings. The number of benzene rings is 1. The largest absolute Gasteiger partial charge is 0.369 e. The fraction of sp³-hybridized carbons (Fsp3) is 0.500. The highest BCUT2D eigenvalue weighted by molar-refractivity contribution is 5.49. The third-order valence-corrected chi connectivity index (χ3v) is 3.33. The van der Waals surface area contributed by atoms with Crippen LogP contribution in [0.2, 0.25) is 0 Å².